The Morgan fingerprint density at radius 1 is 1.11 bits per heavy atom. The molecule has 2 heterocycles. The Morgan fingerprint density at radius 3 is 2.61 bits per heavy atom. The average Bonchev–Trinajstić information content (AvgIpc) is 2.73. The summed E-state index contributed by atoms with van der Waals surface area (Å²) in [4.78, 5) is 29.3. The monoisotopic (exact) mass is 380 g/mol. The lowest BCUT2D eigenvalue weighted by molar-refractivity contribution is -0.119. The standard InChI is InChI=1S/C22H24N2O4/c1-28-20-14-17(25)7-8-18(20)22(27)23-12-10-16(11-13-23)24-19-5-3-2-4-15(19)6-9-21(24)26/h2-5,7-8,14,16,25H,6,9-13H2,1H3. The summed E-state index contributed by atoms with van der Waals surface area (Å²) in [5, 5.41) is 9.60. The number of piperidine rings is 1. The van der Waals surface area contributed by atoms with Crippen LogP contribution >= 0.6 is 0 Å². The van der Waals surface area contributed by atoms with Gasteiger partial charge in [-0.1, -0.05) is 18.2 Å². The van der Waals surface area contributed by atoms with Crippen LogP contribution in [0.1, 0.15) is 35.2 Å². The topological polar surface area (TPSA) is 70.1 Å². The molecule has 4 rings (SSSR count). The predicted molar refractivity (Wildman–Crippen MR) is 106 cm³/mol. The predicted octanol–water partition coefficient (Wildman–Crippen LogP) is 2.98. The van der Waals surface area contributed by atoms with Gasteiger partial charge in [-0.3, -0.25) is 9.59 Å². The third kappa shape index (κ3) is 3.30. The molecule has 1 saturated heterocycles. The number of para-hydroxylation sites is 1. The van der Waals surface area contributed by atoms with Crippen molar-refractivity contribution >= 4 is 17.5 Å². The van der Waals surface area contributed by atoms with Crippen molar-refractivity contribution in [1.29, 1.82) is 0 Å². The van der Waals surface area contributed by atoms with E-state index in [1.165, 1.54) is 24.8 Å². The molecule has 0 aliphatic carbocycles. The van der Waals surface area contributed by atoms with Crippen LogP contribution in [0.5, 0.6) is 11.5 Å². The van der Waals surface area contributed by atoms with E-state index in [-0.39, 0.29) is 23.6 Å². The third-order valence-corrected chi connectivity index (χ3v) is 5.66. The lowest BCUT2D eigenvalue weighted by atomic mass is 9.95. The lowest BCUT2D eigenvalue weighted by Gasteiger charge is -2.41. The molecule has 2 aliphatic heterocycles. The van der Waals surface area contributed by atoms with Gasteiger partial charge in [-0.15, -0.1) is 0 Å². The molecular formula is C22H24N2O4. The first-order valence-electron chi connectivity index (χ1n) is 9.64. The number of aromatic hydroxyl groups is 1. The second-order valence-electron chi connectivity index (χ2n) is 7.30. The summed E-state index contributed by atoms with van der Waals surface area (Å²) >= 11 is 0. The van der Waals surface area contributed by atoms with Gasteiger partial charge in [0.05, 0.1) is 12.7 Å². The molecule has 2 aliphatic rings. The first-order chi connectivity index (χ1) is 13.6. The quantitative estimate of drug-likeness (QED) is 0.889. The number of fused-ring (bicyclic) bond motifs is 1. The average molecular weight is 380 g/mol. The Kier molecular flexibility index (Phi) is 4.94. The van der Waals surface area contributed by atoms with E-state index in [0.717, 1.165) is 24.9 Å². The number of phenols is 1. The number of hydrogen-bond acceptors (Lipinski definition) is 4. The molecule has 0 atom stereocenters. The number of aryl methyl sites for hydroxylation is 1. The molecule has 0 unspecified atom stereocenters. The van der Waals surface area contributed by atoms with E-state index in [9.17, 15) is 14.7 Å². The number of ether oxygens (including phenoxy) is 1. The van der Waals surface area contributed by atoms with E-state index >= 15 is 0 Å². The van der Waals surface area contributed by atoms with Crippen molar-refractivity contribution in [3.8, 4) is 11.5 Å². The van der Waals surface area contributed by atoms with Crippen molar-refractivity contribution in [2.24, 2.45) is 0 Å². The summed E-state index contributed by atoms with van der Waals surface area (Å²) in [6.07, 6.45) is 2.82. The largest absolute Gasteiger partial charge is 0.508 e. The molecule has 0 radical (unpaired) electrons. The summed E-state index contributed by atoms with van der Waals surface area (Å²) in [6, 6.07) is 12.7. The number of phenolic OH excluding ortho intramolecular Hbond substituents is 1. The smallest absolute Gasteiger partial charge is 0.257 e. The van der Waals surface area contributed by atoms with Gasteiger partial charge in [-0.2, -0.15) is 0 Å². The number of methoxy groups -OCH3 is 1. The maximum atomic E-state index is 12.9. The molecule has 0 spiro atoms. The Balaban J connectivity index is 1.48. The zero-order chi connectivity index (χ0) is 19.7. The van der Waals surface area contributed by atoms with Crippen LogP contribution in [0.25, 0.3) is 0 Å². The van der Waals surface area contributed by atoms with Crippen molar-refractivity contribution in [1.82, 2.24) is 4.90 Å². The van der Waals surface area contributed by atoms with Gasteiger partial charge in [-0.05, 0) is 43.0 Å². The molecule has 0 bridgehead atoms. The summed E-state index contributed by atoms with van der Waals surface area (Å²) in [7, 11) is 1.48. The Hall–Kier alpha value is -3.02. The second kappa shape index (κ2) is 7.54. The van der Waals surface area contributed by atoms with Gasteiger partial charge < -0.3 is 19.6 Å². The second-order valence-corrected chi connectivity index (χ2v) is 7.30. The summed E-state index contributed by atoms with van der Waals surface area (Å²) < 4.78 is 5.25. The Labute approximate surface area is 164 Å². The Bertz CT molecular complexity index is 903. The van der Waals surface area contributed by atoms with Crippen molar-refractivity contribution in [2.45, 2.75) is 31.7 Å². The number of carbonyl (C=O) groups excluding carboxylic acids is 2. The molecule has 0 aromatic heterocycles. The molecular weight excluding hydrogens is 356 g/mol. The zero-order valence-electron chi connectivity index (χ0n) is 15.9. The van der Waals surface area contributed by atoms with E-state index in [1.807, 2.05) is 23.1 Å². The van der Waals surface area contributed by atoms with Gasteiger partial charge in [0.2, 0.25) is 5.91 Å². The Morgan fingerprint density at radius 2 is 1.86 bits per heavy atom. The number of carbonyl (C=O) groups is 2. The number of benzene rings is 2. The van der Waals surface area contributed by atoms with Crippen molar-refractivity contribution in [2.75, 3.05) is 25.1 Å². The summed E-state index contributed by atoms with van der Waals surface area (Å²) in [6.45, 7) is 1.17. The number of amides is 2. The number of likely N-dealkylation sites (tertiary alicyclic amines) is 1. The van der Waals surface area contributed by atoms with Crippen LogP contribution in [0.4, 0.5) is 5.69 Å². The molecule has 2 amide bonds. The number of anilines is 1. The molecule has 28 heavy (non-hydrogen) atoms. The SMILES string of the molecule is COc1cc(O)ccc1C(=O)N1CCC(N2C(=O)CCc3ccccc32)CC1. The third-order valence-electron chi connectivity index (χ3n) is 5.66. The molecule has 1 N–H and O–H groups in total. The lowest BCUT2D eigenvalue weighted by Crippen LogP contribution is -2.50. The molecule has 0 saturated carbocycles. The van der Waals surface area contributed by atoms with E-state index in [0.29, 0.717) is 30.8 Å². The minimum Gasteiger partial charge on any atom is -0.508 e. The van der Waals surface area contributed by atoms with Crippen molar-refractivity contribution < 1.29 is 19.4 Å². The first kappa shape index (κ1) is 18.3. The van der Waals surface area contributed by atoms with Crippen LogP contribution in [0.2, 0.25) is 0 Å². The van der Waals surface area contributed by atoms with Crippen LogP contribution in [-0.2, 0) is 11.2 Å². The minimum atomic E-state index is -0.110. The first-order valence-corrected chi connectivity index (χ1v) is 9.64. The van der Waals surface area contributed by atoms with Crippen LogP contribution < -0.4 is 9.64 Å². The van der Waals surface area contributed by atoms with Gasteiger partial charge in [0, 0.05) is 37.3 Å². The van der Waals surface area contributed by atoms with Crippen LogP contribution in [0, 0.1) is 0 Å². The van der Waals surface area contributed by atoms with Gasteiger partial charge in [0.1, 0.15) is 11.5 Å². The fraction of sp³-hybridized carbons (Fsp3) is 0.364. The van der Waals surface area contributed by atoms with Gasteiger partial charge in [-0.25, -0.2) is 0 Å². The zero-order valence-corrected chi connectivity index (χ0v) is 15.9. The fourth-order valence-electron chi connectivity index (χ4n) is 4.21. The highest BCUT2D eigenvalue weighted by atomic mass is 16.5. The van der Waals surface area contributed by atoms with Crippen LogP contribution in [-0.4, -0.2) is 48.1 Å². The molecule has 6 nitrogen and oxygen atoms in total. The molecule has 146 valence electrons. The highest BCUT2D eigenvalue weighted by Gasteiger charge is 2.34. The van der Waals surface area contributed by atoms with Crippen molar-refractivity contribution in [3.63, 3.8) is 0 Å². The molecule has 6 heteroatoms. The van der Waals surface area contributed by atoms with Gasteiger partial charge in [0.25, 0.3) is 5.91 Å². The maximum Gasteiger partial charge on any atom is 0.257 e. The summed E-state index contributed by atoms with van der Waals surface area (Å²) in [5.41, 5.74) is 2.68. The normalized spacial score (nSPS) is 17.4. The van der Waals surface area contributed by atoms with Crippen LogP contribution in [0.3, 0.4) is 0 Å². The van der Waals surface area contributed by atoms with Gasteiger partial charge >= 0.3 is 0 Å². The van der Waals surface area contributed by atoms with Crippen molar-refractivity contribution in [3.05, 3.63) is 53.6 Å². The summed E-state index contributed by atoms with van der Waals surface area (Å²) in [5.74, 6) is 0.492. The van der Waals surface area contributed by atoms with Crippen LogP contribution in [0.15, 0.2) is 42.5 Å². The molecule has 2 aromatic rings. The number of nitrogens with zero attached hydrogens (tertiary/aromatic N) is 2. The highest BCUT2D eigenvalue weighted by Crippen LogP contribution is 2.33. The van der Waals surface area contributed by atoms with E-state index in [4.69, 9.17) is 4.74 Å². The van der Waals surface area contributed by atoms with E-state index in [2.05, 4.69) is 6.07 Å². The van der Waals surface area contributed by atoms with E-state index < -0.39 is 0 Å². The maximum absolute atomic E-state index is 12.9. The van der Waals surface area contributed by atoms with E-state index in [1.54, 1.807) is 11.0 Å². The molecule has 1 fully saturated rings. The highest BCUT2D eigenvalue weighted by molar-refractivity contribution is 5.98. The minimum absolute atomic E-state index is 0.0642. The number of rotatable bonds is 3. The van der Waals surface area contributed by atoms with Gasteiger partial charge in [0.15, 0.2) is 0 Å². The number of hydrogen-bond donors (Lipinski definition) is 1. The fourth-order valence-corrected chi connectivity index (χ4v) is 4.21. The molecule has 2 aromatic carbocycles.